The van der Waals surface area contributed by atoms with Crippen LogP contribution >= 0.6 is 15.9 Å². The summed E-state index contributed by atoms with van der Waals surface area (Å²) in [6.07, 6.45) is 0. The van der Waals surface area contributed by atoms with Crippen LogP contribution in [0.15, 0.2) is 28.7 Å². The largest absolute Gasteiger partial charge is 0.299 e. The molecule has 0 fully saturated rings. The third kappa shape index (κ3) is 2.19. The molecule has 13 heavy (non-hydrogen) atoms. The molecule has 1 aromatic carbocycles. The molecule has 1 aromatic rings. The number of benzene rings is 1. The van der Waals surface area contributed by atoms with Gasteiger partial charge in [0.1, 0.15) is 5.78 Å². The summed E-state index contributed by atoms with van der Waals surface area (Å²) < 4.78 is 1.01. The SMILES string of the molecule is CC(=O)C(C)(C)c1cccc(Br)c1. The summed E-state index contributed by atoms with van der Waals surface area (Å²) in [5.41, 5.74) is 0.665. The van der Waals surface area contributed by atoms with E-state index >= 15 is 0 Å². The summed E-state index contributed by atoms with van der Waals surface area (Å²) in [7, 11) is 0. The maximum atomic E-state index is 11.4. The zero-order chi connectivity index (χ0) is 10.1. The normalized spacial score (nSPS) is 11.4. The molecule has 0 aliphatic rings. The fraction of sp³-hybridized carbons (Fsp3) is 0.364. The van der Waals surface area contributed by atoms with E-state index in [-0.39, 0.29) is 11.2 Å². The Balaban J connectivity index is 3.14. The first-order valence-corrected chi connectivity index (χ1v) is 5.01. The van der Waals surface area contributed by atoms with Crippen LogP contribution in [-0.2, 0) is 10.2 Å². The maximum absolute atomic E-state index is 11.4. The zero-order valence-electron chi connectivity index (χ0n) is 8.10. The van der Waals surface area contributed by atoms with Crippen LogP contribution in [-0.4, -0.2) is 5.78 Å². The van der Waals surface area contributed by atoms with Gasteiger partial charge >= 0.3 is 0 Å². The van der Waals surface area contributed by atoms with Gasteiger partial charge in [0.25, 0.3) is 0 Å². The molecule has 0 aliphatic heterocycles. The highest BCUT2D eigenvalue weighted by atomic mass is 79.9. The average molecular weight is 241 g/mol. The number of rotatable bonds is 2. The molecule has 0 heterocycles. The molecule has 0 radical (unpaired) electrons. The summed E-state index contributed by atoms with van der Waals surface area (Å²) in [4.78, 5) is 11.4. The molecule has 0 spiro atoms. The van der Waals surface area contributed by atoms with Crippen LogP contribution in [0.3, 0.4) is 0 Å². The molecule has 1 rings (SSSR count). The molecule has 0 aromatic heterocycles. The van der Waals surface area contributed by atoms with E-state index in [9.17, 15) is 4.79 Å². The first-order chi connectivity index (χ1) is 5.94. The molecule has 0 saturated carbocycles. The fourth-order valence-electron chi connectivity index (χ4n) is 1.08. The fourth-order valence-corrected chi connectivity index (χ4v) is 1.48. The molecule has 0 unspecified atom stereocenters. The van der Waals surface area contributed by atoms with E-state index < -0.39 is 0 Å². The van der Waals surface area contributed by atoms with Gasteiger partial charge in [-0.1, -0.05) is 28.1 Å². The lowest BCUT2D eigenvalue weighted by molar-refractivity contribution is -0.121. The molecule has 0 saturated heterocycles. The van der Waals surface area contributed by atoms with Crippen LogP contribution in [0, 0.1) is 0 Å². The predicted octanol–water partition coefficient (Wildman–Crippen LogP) is 3.32. The van der Waals surface area contributed by atoms with Gasteiger partial charge in [-0.2, -0.15) is 0 Å². The Bertz CT molecular complexity index is 329. The van der Waals surface area contributed by atoms with E-state index in [1.54, 1.807) is 6.92 Å². The van der Waals surface area contributed by atoms with E-state index in [4.69, 9.17) is 0 Å². The van der Waals surface area contributed by atoms with Crippen LogP contribution in [0.1, 0.15) is 26.3 Å². The van der Waals surface area contributed by atoms with Crippen molar-refractivity contribution in [2.24, 2.45) is 0 Å². The summed E-state index contributed by atoms with van der Waals surface area (Å²) >= 11 is 3.39. The van der Waals surface area contributed by atoms with E-state index in [2.05, 4.69) is 15.9 Å². The number of ketones is 1. The highest BCUT2D eigenvalue weighted by Gasteiger charge is 2.25. The molecular formula is C11H13BrO. The van der Waals surface area contributed by atoms with E-state index in [1.807, 2.05) is 38.1 Å². The van der Waals surface area contributed by atoms with Gasteiger partial charge < -0.3 is 0 Å². The third-order valence-electron chi connectivity index (χ3n) is 2.43. The van der Waals surface area contributed by atoms with Gasteiger partial charge in [-0.05, 0) is 38.5 Å². The number of halogens is 1. The van der Waals surface area contributed by atoms with Crippen LogP contribution in [0.25, 0.3) is 0 Å². The number of hydrogen-bond acceptors (Lipinski definition) is 1. The molecule has 0 aliphatic carbocycles. The third-order valence-corrected chi connectivity index (χ3v) is 2.92. The summed E-state index contributed by atoms with van der Waals surface area (Å²) in [6.45, 7) is 5.51. The second-order valence-electron chi connectivity index (χ2n) is 3.69. The van der Waals surface area contributed by atoms with E-state index in [1.165, 1.54) is 0 Å². The summed E-state index contributed by atoms with van der Waals surface area (Å²) in [5.74, 6) is 0.186. The Morgan fingerprint density at radius 1 is 1.38 bits per heavy atom. The van der Waals surface area contributed by atoms with Crippen molar-refractivity contribution in [2.45, 2.75) is 26.2 Å². The molecule has 0 amide bonds. The zero-order valence-corrected chi connectivity index (χ0v) is 9.68. The molecule has 0 atom stereocenters. The number of carbonyl (C=O) groups is 1. The monoisotopic (exact) mass is 240 g/mol. The highest BCUT2D eigenvalue weighted by Crippen LogP contribution is 2.26. The summed E-state index contributed by atoms with van der Waals surface area (Å²) in [6, 6.07) is 7.87. The van der Waals surface area contributed by atoms with Crippen molar-refractivity contribution in [3.63, 3.8) is 0 Å². The van der Waals surface area contributed by atoms with Crippen LogP contribution < -0.4 is 0 Å². The Kier molecular flexibility index (Phi) is 2.91. The van der Waals surface area contributed by atoms with Crippen LogP contribution in [0.4, 0.5) is 0 Å². The van der Waals surface area contributed by atoms with Gasteiger partial charge in [0.2, 0.25) is 0 Å². The Labute approximate surface area is 87.3 Å². The van der Waals surface area contributed by atoms with Crippen molar-refractivity contribution in [3.05, 3.63) is 34.3 Å². The molecule has 70 valence electrons. The lowest BCUT2D eigenvalue weighted by atomic mass is 9.81. The van der Waals surface area contributed by atoms with Crippen molar-refractivity contribution in [2.75, 3.05) is 0 Å². The second-order valence-corrected chi connectivity index (χ2v) is 4.61. The first-order valence-electron chi connectivity index (χ1n) is 4.21. The number of Topliss-reactive ketones (excluding diaryl/α,β-unsaturated/α-hetero) is 1. The maximum Gasteiger partial charge on any atom is 0.139 e. The number of hydrogen-bond donors (Lipinski definition) is 0. The minimum absolute atomic E-state index is 0.186. The van der Waals surface area contributed by atoms with Crippen molar-refractivity contribution in [1.82, 2.24) is 0 Å². The Hall–Kier alpha value is -0.630. The average Bonchev–Trinajstić information content (AvgIpc) is 2.04. The van der Waals surface area contributed by atoms with Gasteiger partial charge in [0, 0.05) is 9.89 Å². The highest BCUT2D eigenvalue weighted by molar-refractivity contribution is 9.10. The Morgan fingerprint density at radius 3 is 2.46 bits per heavy atom. The van der Waals surface area contributed by atoms with Crippen LogP contribution in [0.5, 0.6) is 0 Å². The lowest BCUT2D eigenvalue weighted by Gasteiger charge is -2.21. The minimum atomic E-state index is -0.385. The molecule has 0 N–H and O–H groups in total. The van der Waals surface area contributed by atoms with Crippen LogP contribution in [0.2, 0.25) is 0 Å². The molecular weight excluding hydrogens is 228 g/mol. The lowest BCUT2D eigenvalue weighted by Crippen LogP contribution is -2.26. The van der Waals surface area contributed by atoms with Gasteiger partial charge in [-0.3, -0.25) is 4.79 Å². The van der Waals surface area contributed by atoms with Gasteiger partial charge in [-0.25, -0.2) is 0 Å². The van der Waals surface area contributed by atoms with Gasteiger partial charge in [-0.15, -0.1) is 0 Å². The minimum Gasteiger partial charge on any atom is -0.299 e. The smallest absolute Gasteiger partial charge is 0.139 e. The summed E-state index contributed by atoms with van der Waals surface area (Å²) in [5, 5.41) is 0. The van der Waals surface area contributed by atoms with Crippen molar-refractivity contribution >= 4 is 21.7 Å². The van der Waals surface area contributed by atoms with Crippen molar-refractivity contribution < 1.29 is 4.79 Å². The second kappa shape index (κ2) is 3.62. The van der Waals surface area contributed by atoms with E-state index in [0.29, 0.717) is 0 Å². The topological polar surface area (TPSA) is 17.1 Å². The predicted molar refractivity (Wildman–Crippen MR) is 57.8 cm³/mol. The standard InChI is InChI=1S/C11H13BrO/c1-8(13)11(2,3)9-5-4-6-10(12)7-9/h4-7H,1-3H3. The number of carbonyl (C=O) groups excluding carboxylic acids is 1. The van der Waals surface area contributed by atoms with Crippen molar-refractivity contribution in [1.29, 1.82) is 0 Å². The molecule has 1 nitrogen and oxygen atoms in total. The molecule has 0 bridgehead atoms. The van der Waals surface area contributed by atoms with Gasteiger partial charge in [0.05, 0.1) is 0 Å². The Morgan fingerprint density at radius 2 is 2.00 bits per heavy atom. The van der Waals surface area contributed by atoms with Gasteiger partial charge in [0.15, 0.2) is 0 Å². The first kappa shape index (κ1) is 10.5. The van der Waals surface area contributed by atoms with Crippen molar-refractivity contribution in [3.8, 4) is 0 Å². The molecule has 2 heteroatoms. The quantitative estimate of drug-likeness (QED) is 0.776. The van der Waals surface area contributed by atoms with E-state index in [0.717, 1.165) is 10.0 Å².